The van der Waals surface area contributed by atoms with Gasteiger partial charge in [-0.15, -0.1) is 0 Å². The first-order chi connectivity index (χ1) is 15.3. The van der Waals surface area contributed by atoms with Gasteiger partial charge in [0, 0.05) is 22.3 Å². The van der Waals surface area contributed by atoms with E-state index in [0.717, 1.165) is 40.8 Å². The topological polar surface area (TPSA) is 69.7 Å². The molecule has 4 aliphatic heterocycles. The minimum Gasteiger partial charge on any atom is -0.324 e. The Morgan fingerprint density at radius 2 is 1.78 bits per heavy atom. The number of anilines is 2. The molecule has 2 aromatic rings. The number of hydrogen-bond donors (Lipinski definition) is 1. The number of rotatable bonds is 1. The molecule has 3 fully saturated rings. The van der Waals surface area contributed by atoms with Gasteiger partial charge in [-0.1, -0.05) is 17.7 Å². The van der Waals surface area contributed by atoms with E-state index >= 15 is 0 Å². The van der Waals surface area contributed by atoms with E-state index in [-0.39, 0.29) is 23.8 Å². The van der Waals surface area contributed by atoms with Crippen LogP contribution in [0, 0.1) is 32.6 Å². The molecule has 4 aliphatic rings. The highest BCUT2D eigenvalue weighted by atomic mass is 35.5. The van der Waals surface area contributed by atoms with Crippen LogP contribution in [0.3, 0.4) is 0 Å². The lowest BCUT2D eigenvalue weighted by atomic mass is 9.75. The normalized spacial score (nSPS) is 30.8. The number of nitrogens with zero attached hydrogens (tertiary/aromatic N) is 2. The Balaban J connectivity index is 1.57. The molecule has 0 aromatic heterocycles. The quantitative estimate of drug-likeness (QED) is 0.674. The smallest absolute Gasteiger partial charge is 0.250 e. The zero-order valence-electron chi connectivity index (χ0n) is 18.2. The molecule has 0 unspecified atom stereocenters. The lowest BCUT2D eigenvalue weighted by molar-refractivity contribution is -0.135. The summed E-state index contributed by atoms with van der Waals surface area (Å²) in [7, 11) is 0. The van der Waals surface area contributed by atoms with Crippen molar-refractivity contribution in [2.75, 3.05) is 16.8 Å². The molecule has 3 amide bonds. The summed E-state index contributed by atoms with van der Waals surface area (Å²) in [5.74, 6) is -2.01. The number of amides is 3. The van der Waals surface area contributed by atoms with E-state index in [4.69, 9.17) is 11.6 Å². The van der Waals surface area contributed by atoms with E-state index in [1.165, 1.54) is 4.90 Å². The lowest BCUT2D eigenvalue weighted by Crippen LogP contribution is -2.54. The third-order valence-corrected chi connectivity index (χ3v) is 8.23. The molecule has 164 valence electrons. The summed E-state index contributed by atoms with van der Waals surface area (Å²) in [5, 5.41) is 3.56. The molecule has 1 N–H and O–H groups in total. The second kappa shape index (κ2) is 6.42. The molecule has 2 aromatic carbocycles. The molecule has 3 saturated heterocycles. The lowest BCUT2D eigenvalue weighted by Gasteiger charge is -2.36. The first kappa shape index (κ1) is 19.9. The minimum atomic E-state index is -1.20. The van der Waals surface area contributed by atoms with Crippen molar-refractivity contribution in [3.05, 3.63) is 57.6 Å². The summed E-state index contributed by atoms with van der Waals surface area (Å²) >= 11 is 6.43. The molecule has 0 bridgehead atoms. The van der Waals surface area contributed by atoms with Gasteiger partial charge in [0.25, 0.3) is 0 Å². The Bertz CT molecular complexity index is 1240. The Labute approximate surface area is 191 Å². The predicted molar refractivity (Wildman–Crippen MR) is 122 cm³/mol. The van der Waals surface area contributed by atoms with Gasteiger partial charge in [0.2, 0.25) is 17.7 Å². The standard InChI is InChI=1S/C25H24ClN3O3/c1-12-6-7-16(10-13(12)2)29-22(30)19-18-5-4-8-28(18)25(20(19)23(29)31)17-11-15(26)9-14(3)21(17)27-24(25)32/h6-7,9-11,18-20H,4-5,8H2,1-3H3,(H,27,32)/t18-,19+,20-,25+/m0/s1. The summed E-state index contributed by atoms with van der Waals surface area (Å²) < 4.78 is 0. The number of halogens is 1. The maximum absolute atomic E-state index is 14.0. The van der Waals surface area contributed by atoms with E-state index < -0.39 is 17.4 Å². The van der Waals surface area contributed by atoms with Crippen LogP contribution in [0.5, 0.6) is 0 Å². The van der Waals surface area contributed by atoms with Gasteiger partial charge in [0.05, 0.1) is 17.5 Å². The number of hydrogen-bond acceptors (Lipinski definition) is 4. The van der Waals surface area contributed by atoms with Crippen LogP contribution in [0.2, 0.25) is 5.02 Å². The molecule has 4 atom stereocenters. The van der Waals surface area contributed by atoms with Crippen molar-refractivity contribution in [2.24, 2.45) is 11.8 Å². The molecule has 6 rings (SSSR count). The summed E-state index contributed by atoms with van der Waals surface area (Å²) in [5.41, 5.74) is 3.81. The van der Waals surface area contributed by atoms with Crippen molar-refractivity contribution in [1.82, 2.24) is 4.90 Å². The predicted octanol–water partition coefficient (Wildman–Crippen LogP) is 3.70. The average Bonchev–Trinajstić information content (AvgIpc) is 3.44. The van der Waals surface area contributed by atoms with Crippen LogP contribution in [0.4, 0.5) is 11.4 Å². The molecule has 6 nitrogen and oxygen atoms in total. The van der Waals surface area contributed by atoms with E-state index in [1.54, 1.807) is 6.07 Å². The van der Waals surface area contributed by atoms with Gasteiger partial charge >= 0.3 is 0 Å². The fourth-order valence-corrected chi connectivity index (χ4v) is 6.83. The first-order valence-corrected chi connectivity index (χ1v) is 11.5. The average molecular weight is 450 g/mol. The van der Waals surface area contributed by atoms with Gasteiger partial charge in [-0.25, -0.2) is 4.90 Å². The number of benzene rings is 2. The van der Waals surface area contributed by atoms with Crippen molar-refractivity contribution < 1.29 is 14.4 Å². The Hall–Kier alpha value is -2.70. The summed E-state index contributed by atoms with van der Waals surface area (Å²) in [6.45, 7) is 6.55. The molecular formula is C25H24ClN3O3. The number of carbonyl (C=O) groups is 3. The van der Waals surface area contributed by atoms with E-state index in [0.29, 0.717) is 17.3 Å². The van der Waals surface area contributed by atoms with Crippen LogP contribution in [0.1, 0.15) is 35.1 Å². The van der Waals surface area contributed by atoms with Crippen LogP contribution in [-0.4, -0.2) is 35.2 Å². The van der Waals surface area contributed by atoms with E-state index in [2.05, 4.69) is 10.2 Å². The number of fused-ring (bicyclic) bond motifs is 7. The maximum atomic E-state index is 14.0. The SMILES string of the molecule is Cc1ccc(N2C(=O)[C@H]3[C@@H](C2=O)[C@]2(C(=O)Nc4c(C)cc(Cl)cc42)N2CCC[C@@H]32)cc1C. The van der Waals surface area contributed by atoms with Gasteiger partial charge in [-0.3, -0.25) is 19.3 Å². The monoisotopic (exact) mass is 449 g/mol. The minimum absolute atomic E-state index is 0.135. The maximum Gasteiger partial charge on any atom is 0.250 e. The van der Waals surface area contributed by atoms with Gasteiger partial charge in [-0.2, -0.15) is 0 Å². The zero-order valence-corrected chi connectivity index (χ0v) is 19.0. The largest absolute Gasteiger partial charge is 0.324 e. The van der Waals surface area contributed by atoms with Crippen LogP contribution in [0.25, 0.3) is 0 Å². The Kier molecular flexibility index (Phi) is 4.00. The van der Waals surface area contributed by atoms with Gasteiger partial charge in [0.1, 0.15) is 5.54 Å². The van der Waals surface area contributed by atoms with Crippen LogP contribution in [-0.2, 0) is 19.9 Å². The number of aryl methyl sites for hydroxylation is 3. The van der Waals surface area contributed by atoms with Gasteiger partial charge in [-0.05, 0) is 81.1 Å². The molecule has 1 spiro atoms. The summed E-state index contributed by atoms with van der Waals surface area (Å²) in [6, 6.07) is 9.12. The van der Waals surface area contributed by atoms with Crippen molar-refractivity contribution in [1.29, 1.82) is 0 Å². The molecule has 0 aliphatic carbocycles. The van der Waals surface area contributed by atoms with Gasteiger partial charge in [0.15, 0.2) is 0 Å². The number of nitrogens with one attached hydrogen (secondary N) is 1. The molecule has 32 heavy (non-hydrogen) atoms. The highest BCUT2D eigenvalue weighted by molar-refractivity contribution is 6.31. The molecule has 7 heteroatoms. The molecule has 4 heterocycles. The molecular weight excluding hydrogens is 426 g/mol. The second-order valence-corrected chi connectivity index (χ2v) is 9.99. The Morgan fingerprint density at radius 1 is 1.00 bits per heavy atom. The van der Waals surface area contributed by atoms with E-state index in [1.807, 2.05) is 45.0 Å². The second-order valence-electron chi connectivity index (χ2n) is 9.55. The van der Waals surface area contributed by atoms with Crippen molar-refractivity contribution in [3.8, 4) is 0 Å². The number of carbonyl (C=O) groups excluding carboxylic acids is 3. The van der Waals surface area contributed by atoms with Crippen LogP contribution in [0.15, 0.2) is 30.3 Å². The summed E-state index contributed by atoms with van der Waals surface area (Å²) in [6.07, 6.45) is 1.69. The third-order valence-electron chi connectivity index (χ3n) is 8.01. The molecule has 0 saturated carbocycles. The van der Waals surface area contributed by atoms with Crippen LogP contribution < -0.4 is 10.2 Å². The Morgan fingerprint density at radius 3 is 2.53 bits per heavy atom. The van der Waals surface area contributed by atoms with Crippen molar-refractivity contribution in [2.45, 2.75) is 45.2 Å². The summed E-state index contributed by atoms with van der Waals surface area (Å²) in [4.78, 5) is 44.9. The zero-order chi connectivity index (χ0) is 22.5. The van der Waals surface area contributed by atoms with E-state index in [9.17, 15) is 14.4 Å². The highest BCUT2D eigenvalue weighted by Gasteiger charge is 2.74. The molecule has 0 radical (unpaired) electrons. The number of imide groups is 1. The third kappa shape index (κ3) is 2.22. The fourth-order valence-electron chi connectivity index (χ4n) is 6.55. The fraction of sp³-hybridized carbons (Fsp3) is 0.400. The first-order valence-electron chi connectivity index (χ1n) is 11.1. The van der Waals surface area contributed by atoms with Crippen molar-refractivity contribution in [3.63, 3.8) is 0 Å². The highest BCUT2D eigenvalue weighted by Crippen LogP contribution is 2.61. The van der Waals surface area contributed by atoms with Crippen molar-refractivity contribution >= 4 is 40.7 Å². The van der Waals surface area contributed by atoms with Crippen LogP contribution >= 0.6 is 11.6 Å². The van der Waals surface area contributed by atoms with Gasteiger partial charge < -0.3 is 5.32 Å².